The van der Waals surface area contributed by atoms with Crippen molar-refractivity contribution in [2.45, 2.75) is 6.92 Å². The van der Waals surface area contributed by atoms with E-state index in [1.54, 1.807) is 17.6 Å². The summed E-state index contributed by atoms with van der Waals surface area (Å²) in [6.07, 6.45) is 1.66. The zero-order valence-corrected chi connectivity index (χ0v) is 10.4. The summed E-state index contributed by atoms with van der Waals surface area (Å²) in [7, 11) is 0. The molecule has 2 heterocycles. The van der Waals surface area contributed by atoms with Gasteiger partial charge in [0.05, 0.1) is 11.4 Å². The van der Waals surface area contributed by atoms with E-state index >= 15 is 0 Å². The minimum absolute atomic E-state index is 0.373. The summed E-state index contributed by atoms with van der Waals surface area (Å²) in [4.78, 5) is 15.7. The van der Waals surface area contributed by atoms with E-state index < -0.39 is 5.91 Å². The van der Waals surface area contributed by atoms with Gasteiger partial charge in [0.2, 0.25) is 0 Å². The molecule has 5 heteroatoms. The molecule has 2 aromatic heterocycles. The maximum absolute atomic E-state index is 11.5. The number of primary amides is 1. The number of benzene rings is 1. The number of carbonyl (C=O) groups is 1. The van der Waals surface area contributed by atoms with Crippen LogP contribution < -0.4 is 5.73 Å². The topological polar surface area (TPSA) is 73.3 Å². The first-order valence-corrected chi connectivity index (χ1v) is 5.88. The molecule has 2 N–H and O–H groups in total. The van der Waals surface area contributed by atoms with Gasteiger partial charge in [-0.2, -0.15) is 5.10 Å². The standard InChI is InChI=1S/C14H12N4O/c1-9-12(13(15)19)14-16-8-7-11(18(14)17-9)10-5-3-2-4-6-10/h2-8H,1H3,(H2,15,19). The molecule has 0 unspecified atom stereocenters. The smallest absolute Gasteiger partial charge is 0.254 e. The van der Waals surface area contributed by atoms with Gasteiger partial charge in [0.25, 0.3) is 5.91 Å². The molecule has 0 aliphatic carbocycles. The van der Waals surface area contributed by atoms with Gasteiger partial charge in [-0.1, -0.05) is 30.3 Å². The van der Waals surface area contributed by atoms with Gasteiger partial charge in [-0.15, -0.1) is 0 Å². The number of hydrogen-bond donors (Lipinski definition) is 1. The van der Waals surface area contributed by atoms with E-state index in [0.29, 0.717) is 16.9 Å². The van der Waals surface area contributed by atoms with Crippen molar-refractivity contribution in [1.82, 2.24) is 14.6 Å². The van der Waals surface area contributed by atoms with Gasteiger partial charge in [-0.25, -0.2) is 9.50 Å². The van der Waals surface area contributed by atoms with Crippen LogP contribution in [0.2, 0.25) is 0 Å². The van der Waals surface area contributed by atoms with Crippen LogP contribution in [-0.2, 0) is 0 Å². The number of aryl methyl sites for hydroxylation is 1. The lowest BCUT2D eigenvalue weighted by molar-refractivity contribution is 0.100. The van der Waals surface area contributed by atoms with Crippen LogP contribution in [0.5, 0.6) is 0 Å². The number of fused-ring (bicyclic) bond motifs is 1. The Balaban J connectivity index is 2.34. The first-order chi connectivity index (χ1) is 9.18. The fourth-order valence-electron chi connectivity index (χ4n) is 2.17. The Morgan fingerprint density at radius 3 is 2.63 bits per heavy atom. The third kappa shape index (κ3) is 1.76. The quantitative estimate of drug-likeness (QED) is 0.755. The van der Waals surface area contributed by atoms with Crippen molar-refractivity contribution in [3.05, 3.63) is 53.9 Å². The van der Waals surface area contributed by atoms with Crippen molar-refractivity contribution in [2.75, 3.05) is 0 Å². The van der Waals surface area contributed by atoms with Crippen LogP contribution in [0.3, 0.4) is 0 Å². The number of rotatable bonds is 2. The summed E-state index contributed by atoms with van der Waals surface area (Å²) in [6, 6.07) is 11.7. The molecular formula is C14H12N4O. The van der Waals surface area contributed by atoms with Gasteiger partial charge in [-0.05, 0) is 13.0 Å². The molecule has 0 fully saturated rings. The van der Waals surface area contributed by atoms with E-state index in [9.17, 15) is 4.79 Å². The van der Waals surface area contributed by atoms with Gasteiger partial charge >= 0.3 is 0 Å². The van der Waals surface area contributed by atoms with E-state index in [4.69, 9.17) is 5.73 Å². The number of nitrogens with two attached hydrogens (primary N) is 1. The van der Waals surface area contributed by atoms with Gasteiger partial charge in [0.1, 0.15) is 5.56 Å². The van der Waals surface area contributed by atoms with Crippen LogP contribution in [0.25, 0.3) is 16.9 Å². The summed E-state index contributed by atoms with van der Waals surface area (Å²) < 4.78 is 1.66. The van der Waals surface area contributed by atoms with Crippen molar-refractivity contribution in [3.63, 3.8) is 0 Å². The first kappa shape index (κ1) is 11.4. The maximum Gasteiger partial charge on any atom is 0.254 e. The highest BCUT2D eigenvalue weighted by molar-refractivity contribution is 6.00. The average Bonchev–Trinajstić information content (AvgIpc) is 2.75. The second-order valence-corrected chi connectivity index (χ2v) is 4.26. The lowest BCUT2D eigenvalue weighted by Gasteiger charge is -2.04. The zero-order chi connectivity index (χ0) is 13.4. The van der Waals surface area contributed by atoms with Gasteiger partial charge < -0.3 is 5.73 Å². The van der Waals surface area contributed by atoms with E-state index in [1.807, 2.05) is 36.4 Å². The normalized spacial score (nSPS) is 10.8. The molecule has 0 aliphatic rings. The number of aromatic nitrogens is 3. The van der Waals surface area contributed by atoms with E-state index in [-0.39, 0.29) is 0 Å². The highest BCUT2D eigenvalue weighted by atomic mass is 16.1. The Morgan fingerprint density at radius 2 is 1.95 bits per heavy atom. The molecule has 5 nitrogen and oxygen atoms in total. The number of nitrogens with zero attached hydrogens (tertiary/aromatic N) is 3. The number of carbonyl (C=O) groups excluding carboxylic acids is 1. The van der Waals surface area contributed by atoms with Crippen molar-refractivity contribution in [3.8, 4) is 11.3 Å². The molecule has 1 aromatic carbocycles. The number of hydrogen-bond acceptors (Lipinski definition) is 3. The molecule has 0 atom stereocenters. The summed E-state index contributed by atoms with van der Waals surface area (Å²) in [5.41, 5.74) is 8.72. The highest BCUT2D eigenvalue weighted by Gasteiger charge is 2.17. The Bertz CT molecular complexity index is 762. The van der Waals surface area contributed by atoms with Crippen LogP contribution in [-0.4, -0.2) is 20.5 Å². The van der Waals surface area contributed by atoms with E-state index in [1.165, 1.54) is 0 Å². The number of amides is 1. The van der Waals surface area contributed by atoms with Crippen LogP contribution >= 0.6 is 0 Å². The maximum atomic E-state index is 11.5. The van der Waals surface area contributed by atoms with E-state index in [0.717, 1.165) is 11.3 Å². The highest BCUT2D eigenvalue weighted by Crippen LogP contribution is 2.22. The molecule has 3 aromatic rings. The Kier molecular flexibility index (Phi) is 2.52. The van der Waals surface area contributed by atoms with E-state index in [2.05, 4.69) is 10.1 Å². The second kappa shape index (κ2) is 4.20. The third-order valence-electron chi connectivity index (χ3n) is 3.01. The molecule has 0 saturated carbocycles. The summed E-state index contributed by atoms with van der Waals surface area (Å²) >= 11 is 0. The second-order valence-electron chi connectivity index (χ2n) is 4.26. The van der Waals surface area contributed by atoms with Gasteiger partial charge in [-0.3, -0.25) is 4.79 Å². The predicted octanol–water partition coefficient (Wildman–Crippen LogP) is 1.80. The SMILES string of the molecule is Cc1nn2c(-c3ccccc3)ccnc2c1C(N)=O. The van der Waals surface area contributed by atoms with Crippen LogP contribution in [0.4, 0.5) is 0 Å². The predicted molar refractivity (Wildman–Crippen MR) is 71.7 cm³/mol. The zero-order valence-electron chi connectivity index (χ0n) is 10.4. The minimum atomic E-state index is -0.509. The Labute approximate surface area is 109 Å². The largest absolute Gasteiger partial charge is 0.365 e. The Morgan fingerprint density at radius 1 is 1.21 bits per heavy atom. The summed E-state index contributed by atoms with van der Waals surface area (Å²) in [5.74, 6) is -0.509. The average molecular weight is 252 g/mol. The molecular weight excluding hydrogens is 240 g/mol. The van der Waals surface area contributed by atoms with Crippen molar-refractivity contribution in [2.24, 2.45) is 5.73 Å². The molecule has 0 aliphatic heterocycles. The van der Waals surface area contributed by atoms with Crippen LogP contribution in [0, 0.1) is 6.92 Å². The van der Waals surface area contributed by atoms with Crippen LogP contribution in [0.1, 0.15) is 16.1 Å². The lowest BCUT2D eigenvalue weighted by atomic mass is 10.1. The van der Waals surface area contributed by atoms with Crippen molar-refractivity contribution in [1.29, 1.82) is 0 Å². The van der Waals surface area contributed by atoms with Crippen LogP contribution in [0.15, 0.2) is 42.6 Å². The minimum Gasteiger partial charge on any atom is -0.365 e. The molecule has 0 bridgehead atoms. The third-order valence-corrected chi connectivity index (χ3v) is 3.01. The van der Waals surface area contributed by atoms with Gasteiger partial charge in [0.15, 0.2) is 5.65 Å². The molecule has 3 rings (SSSR count). The fraction of sp³-hybridized carbons (Fsp3) is 0.0714. The molecule has 94 valence electrons. The first-order valence-electron chi connectivity index (χ1n) is 5.88. The molecule has 1 amide bonds. The fourth-order valence-corrected chi connectivity index (χ4v) is 2.17. The summed E-state index contributed by atoms with van der Waals surface area (Å²) in [6.45, 7) is 1.75. The molecule has 0 spiro atoms. The molecule has 0 radical (unpaired) electrons. The monoisotopic (exact) mass is 252 g/mol. The molecule has 0 saturated heterocycles. The van der Waals surface area contributed by atoms with Crippen molar-refractivity contribution < 1.29 is 4.79 Å². The molecule has 19 heavy (non-hydrogen) atoms. The van der Waals surface area contributed by atoms with Crippen molar-refractivity contribution >= 4 is 11.6 Å². The lowest BCUT2D eigenvalue weighted by Crippen LogP contribution is -2.12. The Hall–Kier alpha value is -2.69. The van der Waals surface area contributed by atoms with Gasteiger partial charge in [0, 0.05) is 11.8 Å². The summed E-state index contributed by atoms with van der Waals surface area (Å²) in [5, 5.41) is 4.36.